The Hall–Kier alpha value is -1.94. The summed E-state index contributed by atoms with van der Waals surface area (Å²) in [5, 5.41) is -0.0372. The van der Waals surface area contributed by atoms with Gasteiger partial charge in [-0.1, -0.05) is 36.4 Å². The fourth-order valence-electron chi connectivity index (χ4n) is 2.48. The van der Waals surface area contributed by atoms with Crippen molar-refractivity contribution < 1.29 is 4.79 Å². The lowest BCUT2D eigenvalue weighted by Gasteiger charge is -2.26. The lowest BCUT2D eigenvalue weighted by Crippen LogP contribution is -2.28. The maximum Gasteiger partial charge on any atom is 0.238 e. The molecule has 3 nitrogen and oxygen atoms in total. The van der Waals surface area contributed by atoms with Gasteiger partial charge in [-0.25, -0.2) is 0 Å². The van der Waals surface area contributed by atoms with Crippen LogP contribution >= 0.6 is 11.8 Å². The van der Waals surface area contributed by atoms with Gasteiger partial charge < -0.3 is 5.73 Å². The predicted octanol–water partition coefficient (Wildman–Crippen LogP) is 3.36. The molecule has 0 spiro atoms. The highest BCUT2D eigenvalue weighted by atomic mass is 32.2. The highest BCUT2D eigenvalue weighted by Crippen LogP contribution is 2.44. The quantitative estimate of drug-likeness (QED) is 0.860. The fourth-order valence-corrected chi connectivity index (χ4v) is 3.70. The van der Waals surface area contributed by atoms with Crippen LogP contribution in [0.5, 0.6) is 0 Å². The number of aryl methyl sites for hydroxylation is 1. The van der Waals surface area contributed by atoms with Crippen LogP contribution in [-0.2, 0) is 4.79 Å². The molecule has 102 valence electrons. The second kappa shape index (κ2) is 5.21. The molecule has 0 aromatic heterocycles. The molecular formula is C16H16N2OS. The number of nitrogens with zero attached hydrogens (tertiary/aromatic N) is 1. The molecule has 1 fully saturated rings. The van der Waals surface area contributed by atoms with E-state index in [4.69, 9.17) is 5.73 Å². The second-order valence-corrected chi connectivity index (χ2v) is 5.91. The Labute approximate surface area is 122 Å². The average Bonchev–Trinajstić information content (AvgIpc) is 2.82. The van der Waals surface area contributed by atoms with Gasteiger partial charge in [0.05, 0.1) is 5.75 Å². The van der Waals surface area contributed by atoms with Crippen molar-refractivity contribution in [3.63, 3.8) is 0 Å². The summed E-state index contributed by atoms with van der Waals surface area (Å²) >= 11 is 1.63. The van der Waals surface area contributed by atoms with Gasteiger partial charge in [0, 0.05) is 16.9 Å². The Balaban J connectivity index is 2.06. The number of benzene rings is 2. The minimum atomic E-state index is -0.0372. The van der Waals surface area contributed by atoms with E-state index < -0.39 is 0 Å². The number of anilines is 2. The zero-order valence-electron chi connectivity index (χ0n) is 11.2. The SMILES string of the molecule is Cc1ccccc1N1C(=O)CS[C@@H]1c1ccccc1N. The van der Waals surface area contributed by atoms with E-state index in [0.717, 1.165) is 22.5 Å². The van der Waals surface area contributed by atoms with Gasteiger partial charge >= 0.3 is 0 Å². The van der Waals surface area contributed by atoms with Crippen LogP contribution in [0.4, 0.5) is 11.4 Å². The van der Waals surface area contributed by atoms with Crippen molar-refractivity contribution in [3.05, 3.63) is 59.7 Å². The molecule has 0 unspecified atom stereocenters. The lowest BCUT2D eigenvalue weighted by molar-refractivity contribution is -0.115. The third-order valence-electron chi connectivity index (χ3n) is 3.50. The van der Waals surface area contributed by atoms with Gasteiger partial charge in [0.2, 0.25) is 5.91 Å². The number of hydrogen-bond acceptors (Lipinski definition) is 3. The molecule has 1 amide bonds. The zero-order valence-corrected chi connectivity index (χ0v) is 12.1. The van der Waals surface area contributed by atoms with Gasteiger partial charge in [0.25, 0.3) is 0 Å². The number of para-hydroxylation sites is 2. The summed E-state index contributed by atoms with van der Waals surface area (Å²) in [6, 6.07) is 15.7. The zero-order chi connectivity index (χ0) is 14.1. The number of carbonyl (C=O) groups is 1. The average molecular weight is 284 g/mol. The van der Waals surface area contributed by atoms with E-state index in [1.807, 2.05) is 60.4 Å². The smallest absolute Gasteiger partial charge is 0.238 e. The molecule has 1 atom stereocenters. The number of thioether (sulfide) groups is 1. The normalized spacial score (nSPS) is 18.6. The Bertz CT molecular complexity index is 656. The molecule has 1 heterocycles. The molecule has 20 heavy (non-hydrogen) atoms. The maximum absolute atomic E-state index is 12.3. The summed E-state index contributed by atoms with van der Waals surface area (Å²) in [6.07, 6.45) is 0. The molecule has 0 aliphatic carbocycles. The first-order valence-electron chi connectivity index (χ1n) is 6.52. The Morgan fingerprint density at radius 3 is 2.60 bits per heavy atom. The van der Waals surface area contributed by atoms with E-state index in [0.29, 0.717) is 5.75 Å². The van der Waals surface area contributed by atoms with Crippen molar-refractivity contribution in [1.29, 1.82) is 0 Å². The van der Waals surface area contributed by atoms with Crippen molar-refractivity contribution in [1.82, 2.24) is 0 Å². The lowest BCUT2D eigenvalue weighted by atomic mass is 10.1. The molecule has 0 radical (unpaired) electrons. The van der Waals surface area contributed by atoms with Gasteiger partial charge in [-0.05, 0) is 24.6 Å². The number of amides is 1. The Morgan fingerprint density at radius 1 is 1.15 bits per heavy atom. The van der Waals surface area contributed by atoms with Gasteiger partial charge in [-0.15, -0.1) is 11.8 Å². The van der Waals surface area contributed by atoms with Gasteiger partial charge in [0.1, 0.15) is 5.37 Å². The molecule has 4 heteroatoms. The summed E-state index contributed by atoms with van der Waals surface area (Å²) in [4.78, 5) is 14.2. The molecule has 1 aliphatic heterocycles. The Kier molecular flexibility index (Phi) is 3.40. The first-order chi connectivity index (χ1) is 9.68. The van der Waals surface area contributed by atoms with Gasteiger partial charge in [-0.2, -0.15) is 0 Å². The van der Waals surface area contributed by atoms with Gasteiger partial charge in [-0.3, -0.25) is 9.69 Å². The van der Waals surface area contributed by atoms with Crippen LogP contribution in [0, 0.1) is 6.92 Å². The van der Waals surface area contributed by atoms with Crippen LogP contribution < -0.4 is 10.6 Å². The van der Waals surface area contributed by atoms with Crippen LogP contribution in [0.1, 0.15) is 16.5 Å². The summed E-state index contributed by atoms with van der Waals surface area (Å²) in [5.41, 5.74) is 9.88. The van der Waals surface area contributed by atoms with Crippen molar-refractivity contribution >= 4 is 29.0 Å². The van der Waals surface area contributed by atoms with Crippen LogP contribution in [0.2, 0.25) is 0 Å². The van der Waals surface area contributed by atoms with E-state index in [1.54, 1.807) is 11.8 Å². The largest absolute Gasteiger partial charge is 0.398 e. The second-order valence-electron chi connectivity index (χ2n) is 4.84. The number of rotatable bonds is 2. The summed E-state index contributed by atoms with van der Waals surface area (Å²) < 4.78 is 0. The standard InChI is InChI=1S/C16H16N2OS/c1-11-6-2-5-9-14(11)18-15(19)10-20-16(18)12-7-3-4-8-13(12)17/h2-9,16H,10,17H2,1H3/t16-/m1/s1. The van der Waals surface area contributed by atoms with Crippen LogP contribution in [0.15, 0.2) is 48.5 Å². The minimum Gasteiger partial charge on any atom is -0.398 e. The molecule has 2 aromatic rings. The molecule has 0 saturated carbocycles. The number of nitrogens with two attached hydrogens (primary N) is 1. The van der Waals surface area contributed by atoms with Crippen molar-refractivity contribution in [3.8, 4) is 0 Å². The third kappa shape index (κ3) is 2.16. The third-order valence-corrected chi connectivity index (χ3v) is 4.70. The number of carbonyl (C=O) groups excluding carboxylic acids is 1. The Morgan fingerprint density at radius 2 is 1.85 bits per heavy atom. The molecular weight excluding hydrogens is 268 g/mol. The topological polar surface area (TPSA) is 46.3 Å². The summed E-state index contributed by atoms with van der Waals surface area (Å²) in [5.74, 6) is 0.630. The minimum absolute atomic E-state index is 0.0372. The molecule has 2 N–H and O–H groups in total. The van der Waals surface area contributed by atoms with Crippen LogP contribution in [0.25, 0.3) is 0 Å². The summed E-state index contributed by atoms with van der Waals surface area (Å²) in [7, 11) is 0. The fraction of sp³-hybridized carbons (Fsp3) is 0.188. The first-order valence-corrected chi connectivity index (χ1v) is 7.57. The van der Waals surface area contributed by atoms with Crippen molar-refractivity contribution in [2.75, 3.05) is 16.4 Å². The van der Waals surface area contributed by atoms with Crippen molar-refractivity contribution in [2.45, 2.75) is 12.3 Å². The van der Waals surface area contributed by atoms with E-state index in [2.05, 4.69) is 0 Å². The molecule has 1 saturated heterocycles. The van der Waals surface area contributed by atoms with E-state index in [1.165, 1.54) is 0 Å². The monoisotopic (exact) mass is 284 g/mol. The molecule has 1 aliphatic rings. The van der Waals surface area contributed by atoms with Crippen molar-refractivity contribution in [2.24, 2.45) is 0 Å². The number of hydrogen-bond donors (Lipinski definition) is 1. The molecule has 3 rings (SSSR count). The van der Waals surface area contributed by atoms with E-state index >= 15 is 0 Å². The first kappa shape index (κ1) is 13.1. The maximum atomic E-state index is 12.3. The van der Waals surface area contributed by atoms with E-state index in [-0.39, 0.29) is 11.3 Å². The van der Waals surface area contributed by atoms with Crippen LogP contribution in [-0.4, -0.2) is 11.7 Å². The predicted molar refractivity (Wildman–Crippen MR) is 84.7 cm³/mol. The van der Waals surface area contributed by atoms with E-state index in [9.17, 15) is 4.79 Å². The highest BCUT2D eigenvalue weighted by molar-refractivity contribution is 8.00. The van der Waals surface area contributed by atoms with Crippen LogP contribution in [0.3, 0.4) is 0 Å². The molecule has 2 aromatic carbocycles. The molecule has 0 bridgehead atoms. The summed E-state index contributed by atoms with van der Waals surface area (Å²) in [6.45, 7) is 2.02. The van der Waals surface area contributed by atoms with Gasteiger partial charge in [0.15, 0.2) is 0 Å². The highest BCUT2D eigenvalue weighted by Gasteiger charge is 2.35. The number of nitrogen functional groups attached to an aromatic ring is 1.